The van der Waals surface area contributed by atoms with Crippen molar-refractivity contribution >= 4 is 17.7 Å². The number of aromatic nitrogens is 2. The van der Waals surface area contributed by atoms with Crippen LogP contribution in [0.5, 0.6) is 0 Å². The molecule has 5 heteroatoms. The average molecular weight is 343 g/mol. The predicted molar refractivity (Wildman–Crippen MR) is 99.7 cm³/mol. The lowest BCUT2D eigenvalue weighted by Crippen LogP contribution is -2.26. The van der Waals surface area contributed by atoms with Gasteiger partial charge >= 0.3 is 0 Å². The summed E-state index contributed by atoms with van der Waals surface area (Å²) in [7, 11) is 0. The Morgan fingerprint density at radius 3 is 2.50 bits per heavy atom. The molecule has 0 radical (unpaired) electrons. The summed E-state index contributed by atoms with van der Waals surface area (Å²) in [4.78, 5) is 21.7. The van der Waals surface area contributed by atoms with E-state index >= 15 is 0 Å². The predicted octanol–water partition coefficient (Wildman–Crippen LogP) is 4.18. The second-order valence-corrected chi connectivity index (χ2v) is 7.11. The molecule has 128 valence electrons. The van der Waals surface area contributed by atoms with E-state index in [9.17, 15) is 4.79 Å². The van der Waals surface area contributed by atoms with Gasteiger partial charge in [0.05, 0.1) is 11.3 Å². The van der Waals surface area contributed by atoms with Crippen LogP contribution >= 0.6 is 11.8 Å². The number of benzene rings is 1. The SMILES string of the molecule is CSc1nc(C(C)C)nc(C)c1C(=O)NCc1ccc(C)cc1C. The first kappa shape index (κ1) is 18.5. The summed E-state index contributed by atoms with van der Waals surface area (Å²) < 4.78 is 0. The number of carbonyl (C=O) groups is 1. The molecule has 1 amide bonds. The Bertz CT molecular complexity index is 757. The van der Waals surface area contributed by atoms with Crippen LogP contribution in [0.4, 0.5) is 0 Å². The van der Waals surface area contributed by atoms with Crippen LogP contribution in [-0.4, -0.2) is 22.1 Å². The molecule has 1 aromatic carbocycles. The maximum atomic E-state index is 12.7. The van der Waals surface area contributed by atoms with E-state index in [2.05, 4.69) is 61.2 Å². The molecule has 0 bridgehead atoms. The van der Waals surface area contributed by atoms with Crippen LogP contribution < -0.4 is 5.32 Å². The second kappa shape index (κ2) is 7.79. The molecule has 0 aliphatic carbocycles. The molecule has 4 nitrogen and oxygen atoms in total. The molecule has 0 spiro atoms. The van der Waals surface area contributed by atoms with Crippen molar-refractivity contribution in [2.75, 3.05) is 6.26 Å². The molecule has 1 heterocycles. The van der Waals surface area contributed by atoms with Gasteiger partial charge in [0.15, 0.2) is 0 Å². The molecule has 2 rings (SSSR count). The zero-order valence-corrected chi connectivity index (χ0v) is 16.0. The van der Waals surface area contributed by atoms with Crippen molar-refractivity contribution in [3.63, 3.8) is 0 Å². The van der Waals surface area contributed by atoms with Gasteiger partial charge in [0.1, 0.15) is 10.9 Å². The number of carbonyl (C=O) groups excluding carboxylic acids is 1. The van der Waals surface area contributed by atoms with Crippen molar-refractivity contribution in [1.82, 2.24) is 15.3 Å². The Balaban J connectivity index is 2.23. The lowest BCUT2D eigenvalue weighted by atomic mass is 10.1. The lowest BCUT2D eigenvalue weighted by molar-refractivity contribution is 0.0946. The van der Waals surface area contributed by atoms with E-state index in [0.29, 0.717) is 12.1 Å². The van der Waals surface area contributed by atoms with Gasteiger partial charge in [-0.3, -0.25) is 4.79 Å². The molecule has 0 saturated heterocycles. The third-order valence-electron chi connectivity index (χ3n) is 3.95. The van der Waals surface area contributed by atoms with E-state index in [1.54, 1.807) is 0 Å². The molecule has 0 saturated carbocycles. The molecule has 0 atom stereocenters. The zero-order valence-electron chi connectivity index (χ0n) is 15.2. The van der Waals surface area contributed by atoms with Crippen LogP contribution in [0.25, 0.3) is 0 Å². The molecule has 2 aromatic rings. The van der Waals surface area contributed by atoms with Crippen molar-refractivity contribution in [3.05, 3.63) is 52.0 Å². The number of thioether (sulfide) groups is 1. The van der Waals surface area contributed by atoms with Crippen LogP contribution in [0.1, 0.15) is 58.3 Å². The van der Waals surface area contributed by atoms with Crippen molar-refractivity contribution < 1.29 is 4.79 Å². The van der Waals surface area contributed by atoms with Crippen LogP contribution in [0, 0.1) is 20.8 Å². The number of hydrogen-bond acceptors (Lipinski definition) is 4. The first-order chi connectivity index (χ1) is 11.3. The van der Waals surface area contributed by atoms with Crippen molar-refractivity contribution in [2.24, 2.45) is 0 Å². The Labute approximate surface area is 148 Å². The molecule has 1 aromatic heterocycles. The normalized spacial score (nSPS) is 11.0. The van der Waals surface area contributed by atoms with Gasteiger partial charge in [-0.05, 0) is 38.2 Å². The zero-order chi connectivity index (χ0) is 17.9. The quantitative estimate of drug-likeness (QED) is 0.654. The van der Waals surface area contributed by atoms with E-state index < -0.39 is 0 Å². The fourth-order valence-corrected chi connectivity index (χ4v) is 3.17. The third-order valence-corrected chi connectivity index (χ3v) is 4.63. The van der Waals surface area contributed by atoms with Crippen molar-refractivity contribution in [1.29, 1.82) is 0 Å². The maximum Gasteiger partial charge on any atom is 0.256 e. The Morgan fingerprint density at radius 1 is 1.21 bits per heavy atom. The van der Waals surface area contributed by atoms with Crippen LogP contribution in [0.15, 0.2) is 23.2 Å². The summed E-state index contributed by atoms with van der Waals surface area (Å²) in [6.07, 6.45) is 1.94. The van der Waals surface area contributed by atoms with Gasteiger partial charge < -0.3 is 5.32 Å². The van der Waals surface area contributed by atoms with E-state index in [4.69, 9.17) is 0 Å². The Morgan fingerprint density at radius 2 is 1.92 bits per heavy atom. The van der Waals surface area contributed by atoms with E-state index in [1.165, 1.54) is 22.9 Å². The number of amides is 1. The molecule has 0 unspecified atom stereocenters. The summed E-state index contributed by atoms with van der Waals surface area (Å²) in [6, 6.07) is 6.25. The average Bonchev–Trinajstić information content (AvgIpc) is 2.52. The molecule has 0 aliphatic heterocycles. The van der Waals surface area contributed by atoms with E-state index in [1.807, 2.05) is 13.2 Å². The monoisotopic (exact) mass is 343 g/mol. The smallest absolute Gasteiger partial charge is 0.256 e. The highest BCUT2D eigenvalue weighted by Crippen LogP contribution is 2.23. The van der Waals surface area contributed by atoms with Crippen molar-refractivity contribution in [3.8, 4) is 0 Å². The number of rotatable bonds is 5. The first-order valence-corrected chi connectivity index (χ1v) is 9.32. The summed E-state index contributed by atoms with van der Waals surface area (Å²) in [5.74, 6) is 0.900. The van der Waals surface area contributed by atoms with Gasteiger partial charge in [-0.25, -0.2) is 9.97 Å². The second-order valence-electron chi connectivity index (χ2n) is 6.32. The van der Waals surface area contributed by atoms with Gasteiger partial charge in [-0.1, -0.05) is 37.6 Å². The highest BCUT2D eigenvalue weighted by molar-refractivity contribution is 7.98. The van der Waals surface area contributed by atoms with E-state index in [0.717, 1.165) is 22.1 Å². The van der Waals surface area contributed by atoms with Crippen molar-refractivity contribution in [2.45, 2.75) is 52.1 Å². The molecule has 24 heavy (non-hydrogen) atoms. The standard InChI is InChI=1S/C19H25N3OS/c1-11(2)17-21-14(5)16(19(22-17)24-6)18(23)20-10-15-8-7-12(3)9-13(15)4/h7-9,11H,10H2,1-6H3,(H,20,23). The fraction of sp³-hybridized carbons (Fsp3) is 0.421. The minimum atomic E-state index is -0.118. The fourth-order valence-electron chi connectivity index (χ4n) is 2.54. The van der Waals surface area contributed by atoms with Gasteiger partial charge in [-0.15, -0.1) is 11.8 Å². The number of hydrogen-bond donors (Lipinski definition) is 1. The Hall–Kier alpha value is -1.88. The molecule has 1 N–H and O–H groups in total. The topological polar surface area (TPSA) is 54.9 Å². The third kappa shape index (κ3) is 4.15. The van der Waals surface area contributed by atoms with Gasteiger partial charge in [-0.2, -0.15) is 0 Å². The van der Waals surface area contributed by atoms with Gasteiger partial charge in [0, 0.05) is 12.5 Å². The number of nitrogens with one attached hydrogen (secondary N) is 1. The van der Waals surface area contributed by atoms with Crippen LogP contribution in [-0.2, 0) is 6.54 Å². The first-order valence-electron chi connectivity index (χ1n) is 8.10. The minimum Gasteiger partial charge on any atom is -0.348 e. The largest absolute Gasteiger partial charge is 0.348 e. The maximum absolute atomic E-state index is 12.7. The molecule has 0 aliphatic rings. The van der Waals surface area contributed by atoms with Crippen LogP contribution in [0.3, 0.4) is 0 Å². The summed E-state index contributed by atoms with van der Waals surface area (Å²) in [5.41, 5.74) is 4.84. The molecule has 0 fully saturated rings. The number of aryl methyl sites for hydroxylation is 3. The molecular weight excluding hydrogens is 318 g/mol. The van der Waals surface area contributed by atoms with E-state index in [-0.39, 0.29) is 11.8 Å². The summed E-state index contributed by atoms with van der Waals surface area (Å²) in [5, 5.41) is 3.75. The van der Waals surface area contributed by atoms with Crippen LogP contribution in [0.2, 0.25) is 0 Å². The summed E-state index contributed by atoms with van der Waals surface area (Å²) >= 11 is 1.48. The number of nitrogens with zero attached hydrogens (tertiary/aromatic N) is 2. The van der Waals surface area contributed by atoms with Gasteiger partial charge in [0.25, 0.3) is 5.91 Å². The van der Waals surface area contributed by atoms with Gasteiger partial charge in [0.2, 0.25) is 0 Å². The molecular formula is C19H25N3OS. The summed E-state index contributed by atoms with van der Waals surface area (Å²) in [6.45, 7) is 10.6. The Kier molecular flexibility index (Phi) is 5.99. The lowest BCUT2D eigenvalue weighted by Gasteiger charge is -2.14. The highest BCUT2D eigenvalue weighted by Gasteiger charge is 2.19. The highest BCUT2D eigenvalue weighted by atomic mass is 32.2. The minimum absolute atomic E-state index is 0.118.